The Morgan fingerprint density at radius 3 is 3.12 bits per heavy atom. The van der Waals surface area contributed by atoms with Crippen LogP contribution in [0.25, 0.3) is 0 Å². The lowest BCUT2D eigenvalue weighted by Gasteiger charge is -2.27. The van der Waals surface area contributed by atoms with E-state index < -0.39 is 0 Å². The Balaban J connectivity index is 1.67. The van der Waals surface area contributed by atoms with Gasteiger partial charge in [0.05, 0.1) is 6.33 Å². The summed E-state index contributed by atoms with van der Waals surface area (Å²) in [6.45, 7) is 2.95. The number of aryl methyl sites for hydroxylation is 2. The summed E-state index contributed by atoms with van der Waals surface area (Å²) < 4.78 is 6.87. The van der Waals surface area contributed by atoms with E-state index in [1.54, 1.807) is 0 Å². The molecule has 0 spiro atoms. The SMILES string of the molecule is c1nc(CCn2cncc2C2CNC2)no1. The summed E-state index contributed by atoms with van der Waals surface area (Å²) in [5.41, 5.74) is 1.29. The van der Waals surface area contributed by atoms with Crippen LogP contribution in [0.1, 0.15) is 17.4 Å². The van der Waals surface area contributed by atoms with Crippen LogP contribution in [0, 0.1) is 0 Å². The van der Waals surface area contributed by atoms with Gasteiger partial charge in [-0.15, -0.1) is 0 Å². The molecule has 1 aliphatic heterocycles. The molecule has 0 unspecified atom stereocenters. The van der Waals surface area contributed by atoms with Gasteiger partial charge in [0.2, 0.25) is 6.39 Å². The lowest BCUT2D eigenvalue weighted by molar-refractivity contribution is 0.404. The second-order valence-electron chi connectivity index (χ2n) is 3.96. The first-order chi connectivity index (χ1) is 7.93. The smallest absolute Gasteiger partial charge is 0.213 e. The van der Waals surface area contributed by atoms with E-state index in [4.69, 9.17) is 4.52 Å². The summed E-state index contributed by atoms with van der Waals surface area (Å²) in [4.78, 5) is 8.20. The number of nitrogens with zero attached hydrogens (tertiary/aromatic N) is 4. The molecule has 0 saturated carbocycles. The minimum atomic E-state index is 0.604. The quantitative estimate of drug-likeness (QED) is 0.795. The first kappa shape index (κ1) is 9.53. The van der Waals surface area contributed by atoms with E-state index in [2.05, 4.69) is 25.0 Å². The van der Waals surface area contributed by atoms with Gasteiger partial charge in [-0.2, -0.15) is 4.98 Å². The van der Waals surface area contributed by atoms with E-state index in [-0.39, 0.29) is 0 Å². The van der Waals surface area contributed by atoms with Crippen molar-refractivity contribution in [1.29, 1.82) is 0 Å². The summed E-state index contributed by atoms with van der Waals surface area (Å²) in [5, 5.41) is 7.06. The van der Waals surface area contributed by atoms with Gasteiger partial charge in [0, 0.05) is 43.9 Å². The Labute approximate surface area is 92.7 Å². The van der Waals surface area contributed by atoms with Crippen LogP contribution in [0.15, 0.2) is 23.4 Å². The average Bonchev–Trinajstić information content (AvgIpc) is 2.82. The molecule has 2 aromatic heterocycles. The molecule has 6 heteroatoms. The number of imidazole rings is 1. The molecule has 16 heavy (non-hydrogen) atoms. The zero-order valence-electron chi connectivity index (χ0n) is 8.83. The van der Waals surface area contributed by atoms with E-state index in [0.29, 0.717) is 5.92 Å². The van der Waals surface area contributed by atoms with E-state index in [1.165, 1.54) is 12.1 Å². The fraction of sp³-hybridized carbons (Fsp3) is 0.500. The maximum absolute atomic E-state index is 4.70. The molecule has 3 heterocycles. The minimum Gasteiger partial charge on any atom is -0.343 e. The molecule has 0 aliphatic carbocycles. The van der Waals surface area contributed by atoms with E-state index in [1.807, 2.05) is 12.5 Å². The summed E-state index contributed by atoms with van der Waals surface area (Å²) in [6, 6.07) is 0. The van der Waals surface area contributed by atoms with E-state index in [9.17, 15) is 0 Å². The van der Waals surface area contributed by atoms with E-state index in [0.717, 1.165) is 31.9 Å². The molecule has 0 amide bonds. The molecular formula is C10H13N5O. The average molecular weight is 219 g/mol. The largest absolute Gasteiger partial charge is 0.343 e. The topological polar surface area (TPSA) is 68.8 Å². The van der Waals surface area contributed by atoms with Crippen LogP contribution in [0.4, 0.5) is 0 Å². The molecule has 3 rings (SSSR count). The van der Waals surface area contributed by atoms with Gasteiger partial charge in [0.1, 0.15) is 0 Å². The van der Waals surface area contributed by atoms with Crippen LogP contribution in [-0.4, -0.2) is 32.8 Å². The molecule has 1 aliphatic rings. The molecule has 0 atom stereocenters. The highest BCUT2D eigenvalue weighted by Gasteiger charge is 2.22. The molecule has 6 nitrogen and oxygen atoms in total. The van der Waals surface area contributed by atoms with Crippen LogP contribution in [0.3, 0.4) is 0 Å². The molecule has 0 radical (unpaired) electrons. The Kier molecular flexibility index (Phi) is 2.41. The van der Waals surface area contributed by atoms with Gasteiger partial charge < -0.3 is 14.4 Å². The first-order valence-corrected chi connectivity index (χ1v) is 5.39. The first-order valence-electron chi connectivity index (χ1n) is 5.39. The maximum Gasteiger partial charge on any atom is 0.213 e. The molecule has 1 N–H and O–H groups in total. The molecule has 84 valence electrons. The van der Waals surface area contributed by atoms with Crippen molar-refractivity contribution in [1.82, 2.24) is 25.0 Å². The van der Waals surface area contributed by atoms with Gasteiger partial charge in [-0.05, 0) is 0 Å². The van der Waals surface area contributed by atoms with Gasteiger partial charge in [-0.25, -0.2) is 4.98 Å². The van der Waals surface area contributed by atoms with Crippen molar-refractivity contribution >= 4 is 0 Å². The van der Waals surface area contributed by atoms with Gasteiger partial charge in [0.15, 0.2) is 5.82 Å². The van der Waals surface area contributed by atoms with Crippen molar-refractivity contribution in [2.75, 3.05) is 13.1 Å². The number of aromatic nitrogens is 4. The Hall–Kier alpha value is -1.69. The van der Waals surface area contributed by atoms with Crippen molar-refractivity contribution < 1.29 is 4.52 Å². The number of nitrogens with one attached hydrogen (secondary N) is 1. The normalized spacial score (nSPS) is 16.2. The van der Waals surface area contributed by atoms with Crippen molar-refractivity contribution in [3.8, 4) is 0 Å². The van der Waals surface area contributed by atoms with Crippen LogP contribution >= 0.6 is 0 Å². The summed E-state index contributed by atoms with van der Waals surface area (Å²) in [5.74, 6) is 1.35. The second-order valence-corrected chi connectivity index (χ2v) is 3.96. The third kappa shape index (κ3) is 1.71. The molecule has 0 aromatic carbocycles. The zero-order chi connectivity index (χ0) is 10.8. The summed E-state index contributed by atoms with van der Waals surface area (Å²) in [7, 11) is 0. The molecule has 2 aromatic rings. The standard InChI is InChI=1S/C10H13N5O/c1(10-13-7-16-14-10)2-15-6-12-5-9(15)8-3-11-4-8/h5-8,11H,1-4H2. The molecular weight excluding hydrogens is 206 g/mol. The van der Waals surface area contributed by atoms with Gasteiger partial charge >= 0.3 is 0 Å². The Morgan fingerprint density at radius 2 is 2.44 bits per heavy atom. The van der Waals surface area contributed by atoms with Crippen LogP contribution in [0.5, 0.6) is 0 Å². The van der Waals surface area contributed by atoms with Crippen LogP contribution in [-0.2, 0) is 13.0 Å². The lowest BCUT2D eigenvalue weighted by atomic mass is 10.00. The van der Waals surface area contributed by atoms with Gasteiger partial charge in [-0.1, -0.05) is 5.16 Å². The number of hydrogen-bond acceptors (Lipinski definition) is 5. The second kappa shape index (κ2) is 4.05. The zero-order valence-corrected chi connectivity index (χ0v) is 8.83. The predicted molar refractivity (Wildman–Crippen MR) is 55.8 cm³/mol. The van der Waals surface area contributed by atoms with Crippen molar-refractivity contribution in [2.24, 2.45) is 0 Å². The number of hydrogen-bond donors (Lipinski definition) is 1. The number of rotatable bonds is 4. The highest BCUT2D eigenvalue weighted by molar-refractivity contribution is 5.11. The third-order valence-electron chi connectivity index (χ3n) is 2.93. The summed E-state index contributed by atoms with van der Waals surface area (Å²) >= 11 is 0. The highest BCUT2D eigenvalue weighted by Crippen LogP contribution is 2.19. The van der Waals surface area contributed by atoms with Crippen molar-refractivity contribution in [3.05, 3.63) is 30.4 Å². The van der Waals surface area contributed by atoms with Gasteiger partial charge in [0.25, 0.3) is 0 Å². The Morgan fingerprint density at radius 1 is 1.50 bits per heavy atom. The van der Waals surface area contributed by atoms with Crippen molar-refractivity contribution in [2.45, 2.75) is 18.9 Å². The molecule has 1 fully saturated rings. The van der Waals surface area contributed by atoms with E-state index >= 15 is 0 Å². The fourth-order valence-corrected chi connectivity index (χ4v) is 1.88. The van der Waals surface area contributed by atoms with Crippen LogP contribution < -0.4 is 5.32 Å². The van der Waals surface area contributed by atoms with Crippen LogP contribution in [0.2, 0.25) is 0 Å². The van der Waals surface area contributed by atoms with Gasteiger partial charge in [-0.3, -0.25) is 0 Å². The minimum absolute atomic E-state index is 0.604. The monoisotopic (exact) mass is 219 g/mol. The Bertz CT molecular complexity index is 445. The lowest BCUT2D eigenvalue weighted by Crippen LogP contribution is -2.40. The maximum atomic E-state index is 4.70. The molecule has 1 saturated heterocycles. The van der Waals surface area contributed by atoms with Crippen molar-refractivity contribution in [3.63, 3.8) is 0 Å². The third-order valence-corrected chi connectivity index (χ3v) is 2.93. The predicted octanol–water partition coefficient (Wildman–Crippen LogP) is 0.196. The fourth-order valence-electron chi connectivity index (χ4n) is 1.88. The molecule has 0 bridgehead atoms. The highest BCUT2D eigenvalue weighted by atomic mass is 16.5. The summed E-state index contributed by atoms with van der Waals surface area (Å²) in [6.07, 6.45) is 5.95.